The molecule has 0 amide bonds. The maximum absolute atomic E-state index is 10.0. The molecule has 2 nitrogen and oxygen atoms in total. The summed E-state index contributed by atoms with van der Waals surface area (Å²) in [5.41, 5.74) is 4.91. The van der Waals surface area contributed by atoms with Crippen LogP contribution in [0.1, 0.15) is 32.1 Å². The number of likely N-dealkylation sites (N-methyl/N-ethyl adjacent to an activating group) is 1. The highest BCUT2D eigenvalue weighted by molar-refractivity contribution is 5.53. The molecule has 2 heteroatoms. The van der Waals surface area contributed by atoms with Gasteiger partial charge in [-0.1, -0.05) is 24.6 Å². The number of hydrogen-bond donors (Lipinski definition) is 1. The highest BCUT2D eigenvalue weighted by atomic mass is 16.3. The van der Waals surface area contributed by atoms with Gasteiger partial charge in [0.05, 0.1) is 6.10 Å². The fraction of sp³-hybridized carbons (Fsp3) is 0.625. The Morgan fingerprint density at radius 3 is 3.17 bits per heavy atom. The molecular formula is C16H21NO. The molecule has 0 aromatic carbocycles. The molecule has 1 fully saturated rings. The van der Waals surface area contributed by atoms with Crippen LogP contribution in [0.2, 0.25) is 0 Å². The third kappa shape index (κ3) is 1.20. The molecule has 3 unspecified atom stereocenters. The predicted molar refractivity (Wildman–Crippen MR) is 72.2 cm³/mol. The summed E-state index contributed by atoms with van der Waals surface area (Å²) in [6, 6.07) is 0. The van der Waals surface area contributed by atoms with E-state index in [9.17, 15) is 5.11 Å². The molecule has 2 heterocycles. The van der Waals surface area contributed by atoms with E-state index in [0.717, 1.165) is 13.0 Å². The number of rotatable bonds is 0. The Bertz CT molecular complexity index is 487. The largest absolute Gasteiger partial charge is 0.389 e. The first kappa shape index (κ1) is 11.0. The molecule has 1 spiro atoms. The van der Waals surface area contributed by atoms with E-state index in [2.05, 4.69) is 24.1 Å². The van der Waals surface area contributed by atoms with E-state index < -0.39 is 0 Å². The van der Waals surface area contributed by atoms with E-state index in [1.54, 1.807) is 5.57 Å². The average Bonchev–Trinajstić information content (AvgIpc) is 2.38. The summed E-state index contributed by atoms with van der Waals surface area (Å²) in [6.45, 7) is 1.09. The topological polar surface area (TPSA) is 23.5 Å². The standard InChI is InChI=1S/C16H21NO/c1-17-10-11-8-12-4-2-3-7-16(12,17)15-9-13(18)5-6-14(11)15/h5-6,8,13,15,18H,2-4,7,9-10H2,1H3. The van der Waals surface area contributed by atoms with Gasteiger partial charge in [-0.25, -0.2) is 0 Å². The molecule has 5 rings (SSSR count). The predicted octanol–water partition coefficient (Wildman–Crippen LogP) is 2.42. The molecule has 1 N–H and O–H groups in total. The second kappa shape index (κ2) is 3.58. The van der Waals surface area contributed by atoms with Gasteiger partial charge >= 0.3 is 0 Å². The number of aliphatic hydroxyl groups excluding tert-OH is 1. The van der Waals surface area contributed by atoms with Gasteiger partial charge < -0.3 is 5.11 Å². The molecule has 0 aromatic rings. The molecule has 2 bridgehead atoms. The Balaban J connectivity index is 1.91. The average molecular weight is 243 g/mol. The van der Waals surface area contributed by atoms with Crippen molar-refractivity contribution >= 4 is 0 Å². The van der Waals surface area contributed by atoms with Gasteiger partial charge in [0.1, 0.15) is 0 Å². The van der Waals surface area contributed by atoms with Gasteiger partial charge in [-0.05, 0) is 49.5 Å². The maximum Gasteiger partial charge on any atom is 0.0730 e. The zero-order chi connectivity index (χ0) is 12.3. The molecular weight excluding hydrogens is 222 g/mol. The van der Waals surface area contributed by atoms with Crippen LogP contribution in [0.5, 0.6) is 0 Å². The lowest BCUT2D eigenvalue weighted by atomic mass is 9.57. The smallest absolute Gasteiger partial charge is 0.0730 e. The summed E-state index contributed by atoms with van der Waals surface area (Å²) >= 11 is 0. The Hall–Kier alpha value is -0.860. The molecule has 5 aliphatic rings. The highest BCUT2D eigenvalue weighted by Crippen LogP contribution is 2.55. The molecule has 0 aromatic heterocycles. The number of nitrogens with zero attached hydrogens (tertiary/aromatic N) is 1. The second-order valence-electron chi connectivity index (χ2n) is 6.35. The van der Waals surface area contributed by atoms with Crippen molar-refractivity contribution in [3.05, 3.63) is 34.9 Å². The molecule has 96 valence electrons. The van der Waals surface area contributed by atoms with E-state index >= 15 is 0 Å². The third-order valence-corrected chi connectivity index (χ3v) is 5.55. The van der Waals surface area contributed by atoms with Gasteiger partial charge in [0.15, 0.2) is 0 Å². The van der Waals surface area contributed by atoms with Crippen LogP contribution >= 0.6 is 0 Å². The quantitative estimate of drug-likeness (QED) is 0.706. The summed E-state index contributed by atoms with van der Waals surface area (Å²) in [7, 11) is 2.28. The number of fused-ring (bicyclic) bond motifs is 1. The van der Waals surface area contributed by atoms with Crippen LogP contribution in [-0.4, -0.2) is 35.2 Å². The summed E-state index contributed by atoms with van der Waals surface area (Å²) in [5.74, 6) is 0.534. The number of hydrogen-bond acceptors (Lipinski definition) is 2. The zero-order valence-corrected chi connectivity index (χ0v) is 11.0. The fourth-order valence-electron chi connectivity index (χ4n) is 4.77. The monoisotopic (exact) mass is 243 g/mol. The molecule has 1 saturated carbocycles. The SMILES string of the molecule is CN1CC2=C3C=CC(O)CC3C13CCCCC3=C2. The van der Waals surface area contributed by atoms with Gasteiger partial charge in [-0.15, -0.1) is 0 Å². The van der Waals surface area contributed by atoms with Gasteiger partial charge in [-0.3, -0.25) is 4.90 Å². The summed E-state index contributed by atoms with van der Waals surface area (Å²) in [4.78, 5) is 2.57. The highest BCUT2D eigenvalue weighted by Gasteiger charge is 2.53. The van der Waals surface area contributed by atoms with E-state index in [0.29, 0.717) is 5.92 Å². The van der Waals surface area contributed by atoms with Gasteiger partial charge in [0.25, 0.3) is 0 Å². The Kier molecular flexibility index (Phi) is 2.19. The molecule has 0 radical (unpaired) electrons. The Morgan fingerprint density at radius 1 is 1.39 bits per heavy atom. The van der Waals surface area contributed by atoms with Gasteiger partial charge in [-0.2, -0.15) is 0 Å². The van der Waals surface area contributed by atoms with E-state index in [1.807, 2.05) is 6.08 Å². The van der Waals surface area contributed by atoms with Crippen LogP contribution in [0.4, 0.5) is 0 Å². The van der Waals surface area contributed by atoms with Crippen LogP contribution in [0.15, 0.2) is 34.9 Å². The van der Waals surface area contributed by atoms with E-state index in [4.69, 9.17) is 0 Å². The van der Waals surface area contributed by atoms with Crippen molar-refractivity contribution in [2.45, 2.75) is 43.7 Å². The maximum atomic E-state index is 10.0. The third-order valence-electron chi connectivity index (χ3n) is 5.55. The molecule has 18 heavy (non-hydrogen) atoms. The van der Waals surface area contributed by atoms with Crippen LogP contribution in [0.3, 0.4) is 0 Å². The Labute approximate surface area is 109 Å². The van der Waals surface area contributed by atoms with Gasteiger partial charge in [0, 0.05) is 18.0 Å². The van der Waals surface area contributed by atoms with Crippen molar-refractivity contribution in [2.75, 3.05) is 13.6 Å². The summed E-state index contributed by atoms with van der Waals surface area (Å²) in [6.07, 6.45) is 12.5. The second-order valence-corrected chi connectivity index (χ2v) is 6.35. The molecule has 3 atom stereocenters. The lowest BCUT2D eigenvalue weighted by molar-refractivity contribution is 0.0417. The van der Waals surface area contributed by atoms with Crippen LogP contribution in [0.25, 0.3) is 0 Å². The lowest BCUT2D eigenvalue weighted by Gasteiger charge is -2.59. The summed E-state index contributed by atoms with van der Waals surface area (Å²) in [5, 5.41) is 10.0. The minimum Gasteiger partial charge on any atom is -0.389 e. The molecule has 2 aliphatic heterocycles. The van der Waals surface area contributed by atoms with E-state index in [-0.39, 0.29) is 11.6 Å². The molecule has 3 aliphatic carbocycles. The first-order chi connectivity index (χ1) is 8.72. The lowest BCUT2D eigenvalue weighted by Crippen LogP contribution is -2.61. The first-order valence-corrected chi connectivity index (χ1v) is 7.23. The minimum atomic E-state index is -0.246. The fourth-order valence-corrected chi connectivity index (χ4v) is 4.77. The van der Waals surface area contributed by atoms with Crippen LogP contribution in [-0.2, 0) is 0 Å². The van der Waals surface area contributed by atoms with Crippen molar-refractivity contribution in [3.8, 4) is 0 Å². The van der Waals surface area contributed by atoms with Crippen molar-refractivity contribution in [2.24, 2.45) is 5.92 Å². The minimum absolute atomic E-state index is 0.237. The number of allylic oxidation sites excluding steroid dienone is 1. The van der Waals surface area contributed by atoms with E-state index in [1.165, 1.54) is 36.8 Å². The van der Waals surface area contributed by atoms with Crippen molar-refractivity contribution in [1.82, 2.24) is 4.90 Å². The normalized spacial score (nSPS) is 42.7. The first-order valence-electron chi connectivity index (χ1n) is 7.23. The van der Waals surface area contributed by atoms with Crippen LogP contribution in [0, 0.1) is 5.92 Å². The summed E-state index contributed by atoms with van der Waals surface area (Å²) < 4.78 is 0. The van der Waals surface area contributed by atoms with Gasteiger partial charge in [0.2, 0.25) is 0 Å². The Morgan fingerprint density at radius 2 is 2.28 bits per heavy atom. The van der Waals surface area contributed by atoms with Crippen molar-refractivity contribution in [3.63, 3.8) is 0 Å². The zero-order valence-electron chi connectivity index (χ0n) is 11.0. The number of aliphatic hydroxyl groups is 1. The van der Waals surface area contributed by atoms with Crippen molar-refractivity contribution < 1.29 is 5.11 Å². The van der Waals surface area contributed by atoms with Crippen LogP contribution < -0.4 is 0 Å². The molecule has 0 saturated heterocycles. The van der Waals surface area contributed by atoms with Crippen molar-refractivity contribution in [1.29, 1.82) is 0 Å².